The van der Waals surface area contributed by atoms with Crippen LogP contribution < -0.4 is 14.8 Å². The van der Waals surface area contributed by atoms with E-state index in [1.54, 1.807) is 0 Å². The van der Waals surface area contributed by atoms with Crippen molar-refractivity contribution < 1.29 is 22.7 Å². The van der Waals surface area contributed by atoms with Crippen molar-refractivity contribution >= 4 is 26.7 Å². The van der Waals surface area contributed by atoms with Crippen LogP contribution in [0.1, 0.15) is 29.6 Å². The summed E-state index contributed by atoms with van der Waals surface area (Å²) >= 11 is 0. The Kier molecular flexibility index (Phi) is 7.15. The maximum atomic E-state index is 13.0. The normalized spacial score (nSPS) is 14.7. The number of nitrogens with zero attached hydrogens (tertiary/aromatic N) is 1. The number of sulfonamides is 1. The van der Waals surface area contributed by atoms with Gasteiger partial charge in [-0.15, -0.1) is 0 Å². The summed E-state index contributed by atoms with van der Waals surface area (Å²) in [5.74, 6) is 0.652. The smallest absolute Gasteiger partial charge is 0.255 e. The highest BCUT2D eigenvalue weighted by Crippen LogP contribution is 2.27. The van der Waals surface area contributed by atoms with Crippen LogP contribution in [0.25, 0.3) is 10.8 Å². The third kappa shape index (κ3) is 5.12. The third-order valence-corrected chi connectivity index (χ3v) is 7.66. The molecule has 7 nitrogen and oxygen atoms in total. The number of benzene rings is 3. The fourth-order valence-electron chi connectivity index (χ4n) is 4.02. The molecule has 0 aromatic heterocycles. The average Bonchev–Trinajstić information content (AvgIpc) is 2.86. The topological polar surface area (TPSA) is 84.9 Å². The highest BCUT2D eigenvalue weighted by molar-refractivity contribution is 7.89. The number of ether oxygens (including phenoxy) is 2. The number of carbonyl (C=O) groups excluding carboxylic acids is 1. The molecule has 0 saturated carbocycles. The average molecular weight is 469 g/mol. The summed E-state index contributed by atoms with van der Waals surface area (Å²) < 4.78 is 38.7. The van der Waals surface area contributed by atoms with Crippen molar-refractivity contribution in [2.75, 3.05) is 33.4 Å². The van der Waals surface area contributed by atoms with Crippen LogP contribution in [-0.2, 0) is 10.0 Å². The van der Waals surface area contributed by atoms with Crippen LogP contribution in [0.4, 0.5) is 0 Å². The fourth-order valence-corrected chi connectivity index (χ4v) is 5.57. The Morgan fingerprint density at radius 1 is 0.970 bits per heavy atom. The number of piperidine rings is 1. The van der Waals surface area contributed by atoms with Gasteiger partial charge in [0.2, 0.25) is 10.0 Å². The molecule has 1 fully saturated rings. The second kappa shape index (κ2) is 10.2. The van der Waals surface area contributed by atoms with Crippen LogP contribution in [0, 0.1) is 0 Å². The van der Waals surface area contributed by atoms with Gasteiger partial charge >= 0.3 is 0 Å². The first-order valence-electron chi connectivity index (χ1n) is 11.1. The maximum Gasteiger partial charge on any atom is 0.255 e. The molecule has 1 heterocycles. The SMILES string of the molecule is COc1ccc(S(=O)(=O)N2CCCCC2)cc1C(=O)NCCOc1cccc2ccccc12. The maximum absolute atomic E-state index is 13.0. The quantitative estimate of drug-likeness (QED) is 0.508. The number of fused-ring (bicyclic) bond motifs is 1. The van der Waals surface area contributed by atoms with E-state index in [9.17, 15) is 13.2 Å². The lowest BCUT2D eigenvalue weighted by Crippen LogP contribution is -2.35. The molecule has 33 heavy (non-hydrogen) atoms. The van der Waals surface area contributed by atoms with Crippen LogP contribution >= 0.6 is 0 Å². The summed E-state index contributed by atoms with van der Waals surface area (Å²) in [6, 6.07) is 18.2. The minimum atomic E-state index is -3.65. The second-order valence-electron chi connectivity index (χ2n) is 7.91. The van der Waals surface area contributed by atoms with Crippen LogP contribution in [0.5, 0.6) is 11.5 Å². The van der Waals surface area contributed by atoms with E-state index in [1.807, 2.05) is 42.5 Å². The van der Waals surface area contributed by atoms with Crippen molar-refractivity contribution in [2.24, 2.45) is 0 Å². The predicted octanol–water partition coefficient (Wildman–Crippen LogP) is 3.83. The number of hydrogen-bond donors (Lipinski definition) is 1. The Morgan fingerprint density at radius 3 is 2.52 bits per heavy atom. The highest BCUT2D eigenvalue weighted by atomic mass is 32.2. The number of rotatable bonds is 8. The molecule has 0 spiro atoms. The number of amides is 1. The Labute approximate surface area is 194 Å². The summed E-state index contributed by atoms with van der Waals surface area (Å²) in [4.78, 5) is 12.9. The summed E-state index contributed by atoms with van der Waals surface area (Å²) in [6.07, 6.45) is 2.72. The lowest BCUT2D eigenvalue weighted by Gasteiger charge is -2.26. The highest BCUT2D eigenvalue weighted by Gasteiger charge is 2.27. The summed E-state index contributed by atoms with van der Waals surface area (Å²) in [7, 11) is -2.20. The number of nitrogens with one attached hydrogen (secondary N) is 1. The predicted molar refractivity (Wildman–Crippen MR) is 127 cm³/mol. The van der Waals surface area contributed by atoms with E-state index < -0.39 is 15.9 Å². The van der Waals surface area contributed by atoms with Crippen molar-refractivity contribution in [3.8, 4) is 11.5 Å². The monoisotopic (exact) mass is 468 g/mol. The van der Waals surface area contributed by atoms with Crippen molar-refractivity contribution in [2.45, 2.75) is 24.2 Å². The van der Waals surface area contributed by atoms with Gasteiger partial charge in [-0.25, -0.2) is 8.42 Å². The van der Waals surface area contributed by atoms with E-state index in [0.29, 0.717) is 18.8 Å². The Balaban J connectivity index is 1.43. The molecule has 174 valence electrons. The van der Waals surface area contributed by atoms with Gasteiger partial charge in [-0.1, -0.05) is 42.8 Å². The molecule has 0 bridgehead atoms. The van der Waals surface area contributed by atoms with E-state index in [4.69, 9.17) is 9.47 Å². The molecule has 0 radical (unpaired) electrons. The number of carbonyl (C=O) groups is 1. The van der Waals surface area contributed by atoms with Crippen LogP contribution in [0.3, 0.4) is 0 Å². The van der Waals surface area contributed by atoms with Gasteiger partial charge in [-0.05, 0) is 42.5 Å². The minimum Gasteiger partial charge on any atom is -0.496 e. The van der Waals surface area contributed by atoms with Gasteiger partial charge in [0.15, 0.2) is 0 Å². The molecule has 0 atom stereocenters. The van der Waals surface area contributed by atoms with E-state index in [0.717, 1.165) is 35.8 Å². The lowest BCUT2D eigenvalue weighted by atomic mass is 10.1. The van der Waals surface area contributed by atoms with Crippen LogP contribution in [0.15, 0.2) is 65.6 Å². The zero-order valence-corrected chi connectivity index (χ0v) is 19.4. The van der Waals surface area contributed by atoms with E-state index in [1.165, 1.54) is 29.6 Å². The van der Waals surface area contributed by atoms with Gasteiger partial charge in [0.1, 0.15) is 18.1 Å². The number of hydrogen-bond acceptors (Lipinski definition) is 5. The Hall–Kier alpha value is -3.10. The zero-order valence-electron chi connectivity index (χ0n) is 18.6. The Morgan fingerprint density at radius 2 is 1.73 bits per heavy atom. The summed E-state index contributed by atoms with van der Waals surface area (Å²) in [6.45, 7) is 1.53. The van der Waals surface area contributed by atoms with Crippen molar-refractivity contribution in [3.63, 3.8) is 0 Å². The molecule has 1 saturated heterocycles. The first-order chi connectivity index (χ1) is 16.0. The molecule has 1 aliphatic rings. The van der Waals surface area contributed by atoms with Crippen molar-refractivity contribution in [1.82, 2.24) is 9.62 Å². The van der Waals surface area contributed by atoms with E-state index in [-0.39, 0.29) is 23.6 Å². The molecular weight excluding hydrogens is 440 g/mol. The molecule has 1 amide bonds. The second-order valence-corrected chi connectivity index (χ2v) is 9.85. The molecule has 0 aliphatic carbocycles. The summed E-state index contributed by atoms with van der Waals surface area (Å²) in [5, 5.41) is 4.88. The zero-order chi connectivity index (χ0) is 23.3. The minimum absolute atomic E-state index is 0.0994. The molecule has 1 aliphatic heterocycles. The van der Waals surface area contributed by atoms with Crippen molar-refractivity contribution in [1.29, 1.82) is 0 Å². The van der Waals surface area contributed by atoms with Gasteiger partial charge in [0, 0.05) is 18.5 Å². The van der Waals surface area contributed by atoms with Gasteiger partial charge < -0.3 is 14.8 Å². The largest absolute Gasteiger partial charge is 0.496 e. The molecule has 4 rings (SSSR count). The van der Waals surface area contributed by atoms with Gasteiger partial charge in [-0.3, -0.25) is 4.79 Å². The Bertz CT molecular complexity index is 1230. The first kappa shape index (κ1) is 23.1. The van der Waals surface area contributed by atoms with Gasteiger partial charge in [0.05, 0.1) is 24.1 Å². The molecular formula is C25H28N2O5S. The van der Waals surface area contributed by atoms with Crippen LogP contribution in [0.2, 0.25) is 0 Å². The number of methoxy groups -OCH3 is 1. The van der Waals surface area contributed by atoms with Gasteiger partial charge in [0.25, 0.3) is 5.91 Å². The third-order valence-electron chi connectivity index (χ3n) is 5.76. The molecule has 3 aromatic carbocycles. The van der Waals surface area contributed by atoms with Crippen molar-refractivity contribution in [3.05, 3.63) is 66.2 Å². The van der Waals surface area contributed by atoms with E-state index >= 15 is 0 Å². The molecule has 1 N–H and O–H groups in total. The standard InChI is InChI=1S/C25H28N2O5S/c1-31-23-13-12-20(33(29,30)27-15-5-2-6-16-27)18-22(23)25(28)26-14-17-32-24-11-7-9-19-8-3-4-10-21(19)24/h3-4,7-13,18H,2,5-6,14-17H2,1H3,(H,26,28). The van der Waals surface area contributed by atoms with Crippen LogP contribution in [-0.4, -0.2) is 52.0 Å². The fraction of sp³-hybridized carbons (Fsp3) is 0.320. The first-order valence-corrected chi connectivity index (χ1v) is 12.5. The molecule has 0 unspecified atom stereocenters. The molecule has 8 heteroatoms. The lowest BCUT2D eigenvalue weighted by molar-refractivity contribution is 0.0944. The van der Waals surface area contributed by atoms with E-state index in [2.05, 4.69) is 5.32 Å². The van der Waals surface area contributed by atoms with Gasteiger partial charge in [-0.2, -0.15) is 4.31 Å². The summed E-state index contributed by atoms with van der Waals surface area (Å²) in [5.41, 5.74) is 0.181. The molecule has 3 aromatic rings.